The minimum absolute atomic E-state index is 0.185. The van der Waals surface area contributed by atoms with Crippen molar-refractivity contribution in [3.05, 3.63) is 24.2 Å². The molecule has 0 aromatic carbocycles. The number of amides is 3. The van der Waals surface area contributed by atoms with E-state index in [0.29, 0.717) is 5.76 Å². The van der Waals surface area contributed by atoms with E-state index in [2.05, 4.69) is 5.32 Å². The Kier molecular flexibility index (Phi) is 4.00. The van der Waals surface area contributed by atoms with Crippen molar-refractivity contribution in [2.24, 2.45) is 11.8 Å². The van der Waals surface area contributed by atoms with Crippen molar-refractivity contribution >= 4 is 17.7 Å². The van der Waals surface area contributed by atoms with Crippen LogP contribution in [0.15, 0.2) is 22.8 Å². The first-order valence-corrected chi connectivity index (χ1v) is 7.76. The predicted molar refractivity (Wildman–Crippen MR) is 77.4 cm³/mol. The Labute approximate surface area is 128 Å². The van der Waals surface area contributed by atoms with Crippen LogP contribution in [0.4, 0.5) is 0 Å². The van der Waals surface area contributed by atoms with Crippen molar-refractivity contribution in [2.45, 2.75) is 38.6 Å². The second kappa shape index (κ2) is 5.94. The summed E-state index contributed by atoms with van der Waals surface area (Å²) in [5.74, 6) is -0.496. The summed E-state index contributed by atoms with van der Waals surface area (Å²) in [5, 5.41) is 2.75. The lowest BCUT2D eigenvalue weighted by atomic mass is 9.81. The van der Waals surface area contributed by atoms with E-state index in [4.69, 9.17) is 4.42 Å². The number of nitrogens with zero attached hydrogens (tertiary/aromatic N) is 1. The summed E-state index contributed by atoms with van der Waals surface area (Å²) < 4.78 is 5.22. The van der Waals surface area contributed by atoms with Crippen molar-refractivity contribution < 1.29 is 18.8 Å². The van der Waals surface area contributed by atoms with E-state index >= 15 is 0 Å². The molecule has 3 rings (SSSR count). The number of nitrogens with one attached hydrogen (secondary N) is 1. The maximum absolute atomic E-state index is 12.3. The van der Waals surface area contributed by atoms with Crippen molar-refractivity contribution in [2.75, 3.05) is 6.54 Å². The molecule has 2 fully saturated rings. The van der Waals surface area contributed by atoms with Gasteiger partial charge in [-0.2, -0.15) is 0 Å². The number of hydrogen-bond acceptors (Lipinski definition) is 4. The number of fused-ring (bicyclic) bond motifs is 1. The van der Waals surface area contributed by atoms with Crippen LogP contribution in [-0.4, -0.2) is 29.2 Å². The molecule has 0 radical (unpaired) electrons. The summed E-state index contributed by atoms with van der Waals surface area (Å²) in [4.78, 5) is 37.8. The SMILES string of the molecule is C[C@H](NC(=O)CN1C(=O)[C@@H]2CCCC[C@H]2C1=O)c1ccco1. The van der Waals surface area contributed by atoms with Gasteiger partial charge in [-0.15, -0.1) is 0 Å². The smallest absolute Gasteiger partial charge is 0.240 e. The lowest BCUT2D eigenvalue weighted by molar-refractivity contribution is -0.143. The van der Waals surface area contributed by atoms with Gasteiger partial charge in [0.2, 0.25) is 17.7 Å². The summed E-state index contributed by atoms with van der Waals surface area (Å²) in [5.41, 5.74) is 0. The summed E-state index contributed by atoms with van der Waals surface area (Å²) in [6.07, 6.45) is 5.02. The molecular weight excluding hydrogens is 284 g/mol. The molecule has 6 heteroatoms. The molecule has 0 spiro atoms. The van der Waals surface area contributed by atoms with Crippen LogP contribution in [-0.2, 0) is 14.4 Å². The lowest BCUT2D eigenvalue weighted by Gasteiger charge is -2.19. The molecule has 118 valence electrons. The maximum atomic E-state index is 12.3. The number of carbonyl (C=O) groups excluding carboxylic acids is 3. The van der Waals surface area contributed by atoms with E-state index < -0.39 is 0 Å². The van der Waals surface area contributed by atoms with Gasteiger partial charge in [0, 0.05) is 0 Å². The highest BCUT2D eigenvalue weighted by atomic mass is 16.3. The van der Waals surface area contributed by atoms with Crippen LogP contribution >= 0.6 is 0 Å². The first-order chi connectivity index (χ1) is 10.6. The van der Waals surface area contributed by atoms with E-state index in [1.807, 2.05) is 0 Å². The Morgan fingerprint density at radius 1 is 1.32 bits per heavy atom. The number of imide groups is 1. The average Bonchev–Trinajstić information content (AvgIpc) is 3.12. The number of hydrogen-bond donors (Lipinski definition) is 1. The fraction of sp³-hybridized carbons (Fsp3) is 0.562. The molecular formula is C16H20N2O4. The lowest BCUT2D eigenvalue weighted by Crippen LogP contribution is -2.41. The molecule has 1 saturated heterocycles. The molecule has 2 aliphatic rings. The Morgan fingerprint density at radius 2 is 1.95 bits per heavy atom. The molecule has 2 heterocycles. The van der Waals surface area contributed by atoms with Gasteiger partial charge in [-0.05, 0) is 31.9 Å². The number of carbonyl (C=O) groups is 3. The van der Waals surface area contributed by atoms with Crippen LogP contribution in [0.25, 0.3) is 0 Å². The van der Waals surface area contributed by atoms with E-state index in [1.165, 1.54) is 6.26 Å². The van der Waals surface area contributed by atoms with Crippen LogP contribution in [0, 0.1) is 11.8 Å². The predicted octanol–water partition coefficient (Wildman–Crippen LogP) is 1.63. The Balaban J connectivity index is 1.61. The van der Waals surface area contributed by atoms with Crippen LogP contribution in [0.3, 0.4) is 0 Å². The maximum Gasteiger partial charge on any atom is 0.240 e. The molecule has 0 bridgehead atoms. The Hall–Kier alpha value is -2.11. The van der Waals surface area contributed by atoms with Crippen molar-refractivity contribution in [3.8, 4) is 0 Å². The minimum atomic E-state index is -0.343. The second-order valence-electron chi connectivity index (χ2n) is 6.06. The van der Waals surface area contributed by atoms with Gasteiger partial charge >= 0.3 is 0 Å². The van der Waals surface area contributed by atoms with Crippen molar-refractivity contribution in [1.82, 2.24) is 10.2 Å². The van der Waals surface area contributed by atoms with Gasteiger partial charge in [-0.25, -0.2) is 0 Å². The number of furan rings is 1. The molecule has 1 aromatic heterocycles. The number of likely N-dealkylation sites (tertiary alicyclic amines) is 1. The highest BCUT2D eigenvalue weighted by Crippen LogP contribution is 2.37. The first kappa shape index (κ1) is 14.8. The van der Waals surface area contributed by atoms with Crippen molar-refractivity contribution in [1.29, 1.82) is 0 Å². The second-order valence-corrected chi connectivity index (χ2v) is 6.06. The Morgan fingerprint density at radius 3 is 2.50 bits per heavy atom. The topological polar surface area (TPSA) is 79.6 Å². The van der Waals surface area contributed by atoms with Crippen LogP contribution < -0.4 is 5.32 Å². The van der Waals surface area contributed by atoms with Gasteiger partial charge in [0.05, 0.1) is 24.1 Å². The van der Waals surface area contributed by atoms with Gasteiger partial charge < -0.3 is 9.73 Å². The van der Waals surface area contributed by atoms with Crippen LogP contribution in [0.5, 0.6) is 0 Å². The van der Waals surface area contributed by atoms with Gasteiger partial charge in [-0.1, -0.05) is 12.8 Å². The van der Waals surface area contributed by atoms with Crippen molar-refractivity contribution in [3.63, 3.8) is 0 Å². The first-order valence-electron chi connectivity index (χ1n) is 7.76. The molecule has 1 aromatic rings. The third-order valence-corrected chi connectivity index (χ3v) is 4.58. The van der Waals surface area contributed by atoms with E-state index in [9.17, 15) is 14.4 Å². The molecule has 6 nitrogen and oxygen atoms in total. The van der Waals surface area contributed by atoms with Crippen LogP contribution in [0.2, 0.25) is 0 Å². The molecule has 1 aliphatic carbocycles. The monoisotopic (exact) mass is 304 g/mol. The fourth-order valence-electron chi connectivity index (χ4n) is 3.43. The quantitative estimate of drug-likeness (QED) is 0.857. The number of rotatable bonds is 4. The zero-order chi connectivity index (χ0) is 15.7. The van der Waals surface area contributed by atoms with Gasteiger partial charge in [-0.3, -0.25) is 19.3 Å². The van der Waals surface area contributed by atoms with E-state index in [-0.39, 0.29) is 42.1 Å². The summed E-state index contributed by atoms with van der Waals surface area (Å²) in [6, 6.07) is 3.22. The molecule has 3 atom stereocenters. The highest BCUT2D eigenvalue weighted by molar-refractivity contribution is 6.07. The zero-order valence-corrected chi connectivity index (χ0v) is 12.6. The third kappa shape index (κ3) is 2.65. The average molecular weight is 304 g/mol. The minimum Gasteiger partial charge on any atom is -0.467 e. The molecule has 1 aliphatic heterocycles. The summed E-state index contributed by atoms with van der Waals surface area (Å²) >= 11 is 0. The third-order valence-electron chi connectivity index (χ3n) is 4.58. The standard InChI is InChI=1S/C16H20N2O4/c1-10(13-7-4-8-22-13)17-14(19)9-18-15(20)11-5-2-3-6-12(11)16(18)21/h4,7-8,10-12H,2-3,5-6,9H2,1H3,(H,17,19)/t10-,11+,12+/m0/s1. The molecule has 1 N–H and O–H groups in total. The highest BCUT2D eigenvalue weighted by Gasteiger charge is 2.48. The van der Waals surface area contributed by atoms with Crippen LogP contribution in [0.1, 0.15) is 44.4 Å². The molecule has 3 amide bonds. The summed E-state index contributed by atoms with van der Waals surface area (Å²) in [7, 11) is 0. The fourth-order valence-corrected chi connectivity index (χ4v) is 3.43. The summed E-state index contributed by atoms with van der Waals surface area (Å²) in [6.45, 7) is 1.60. The molecule has 22 heavy (non-hydrogen) atoms. The normalized spacial score (nSPS) is 26.0. The van der Waals surface area contributed by atoms with E-state index in [1.54, 1.807) is 19.1 Å². The Bertz CT molecular complexity index is 557. The largest absolute Gasteiger partial charge is 0.467 e. The van der Waals surface area contributed by atoms with Gasteiger partial charge in [0.15, 0.2) is 0 Å². The van der Waals surface area contributed by atoms with Gasteiger partial charge in [0.25, 0.3) is 0 Å². The molecule has 1 saturated carbocycles. The molecule has 0 unspecified atom stereocenters. The zero-order valence-electron chi connectivity index (χ0n) is 12.6. The van der Waals surface area contributed by atoms with Gasteiger partial charge in [0.1, 0.15) is 12.3 Å². The van der Waals surface area contributed by atoms with E-state index in [0.717, 1.165) is 30.6 Å².